The standard InChI is InChI=1S/C34H31N3O4/c1-39-27-16-13-25(14-17-27)31-30-32(36-35-31)34(38)37(20-19-23-9-5-3-6-10-23)33(30)26-15-18-28(29(21-26)40-2)41-22-24-11-7-4-8-12-24/h3-18,21,33H,19-20,22H2,1-2H3,(H,35,36). The number of amides is 1. The second-order valence-corrected chi connectivity index (χ2v) is 9.91. The number of carbonyl (C=O) groups excluding carboxylic acids is 1. The van der Waals surface area contributed by atoms with Crippen LogP contribution in [-0.4, -0.2) is 41.8 Å². The van der Waals surface area contributed by atoms with Crippen LogP contribution in [0.3, 0.4) is 0 Å². The SMILES string of the molecule is COc1ccc(-c2n[nH]c3c2C(c2ccc(OCc4ccccc4)c(OC)c2)N(CCc2ccccc2)C3=O)cc1. The fourth-order valence-corrected chi connectivity index (χ4v) is 5.35. The number of methoxy groups -OCH3 is 2. The average Bonchev–Trinajstić information content (AvgIpc) is 3.58. The fourth-order valence-electron chi connectivity index (χ4n) is 5.35. The molecule has 2 heterocycles. The first-order valence-corrected chi connectivity index (χ1v) is 13.6. The number of rotatable bonds is 10. The number of nitrogens with zero attached hydrogens (tertiary/aromatic N) is 2. The molecule has 5 aromatic rings. The van der Waals surface area contributed by atoms with Crippen molar-refractivity contribution in [3.63, 3.8) is 0 Å². The van der Waals surface area contributed by atoms with Crippen molar-refractivity contribution in [2.75, 3.05) is 20.8 Å². The maximum atomic E-state index is 13.8. The smallest absolute Gasteiger partial charge is 0.273 e. The Kier molecular flexibility index (Phi) is 7.41. The molecule has 0 spiro atoms. The number of H-pyrrole nitrogens is 1. The maximum absolute atomic E-state index is 13.8. The Morgan fingerprint density at radius 2 is 1.51 bits per heavy atom. The second kappa shape index (κ2) is 11.6. The van der Waals surface area contributed by atoms with E-state index < -0.39 is 0 Å². The number of hydrogen-bond acceptors (Lipinski definition) is 5. The first kappa shape index (κ1) is 26.2. The number of ether oxygens (including phenoxy) is 3. The van der Waals surface area contributed by atoms with E-state index in [2.05, 4.69) is 22.3 Å². The van der Waals surface area contributed by atoms with Crippen LogP contribution in [0.25, 0.3) is 11.3 Å². The van der Waals surface area contributed by atoms with Gasteiger partial charge in [0.05, 0.1) is 26.0 Å². The molecule has 0 saturated carbocycles. The number of benzene rings is 4. The van der Waals surface area contributed by atoms with E-state index in [1.165, 1.54) is 5.56 Å². The predicted octanol–water partition coefficient (Wildman–Crippen LogP) is 6.46. The molecule has 41 heavy (non-hydrogen) atoms. The summed E-state index contributed by atoms with van der Waals surface area (Å²) in [6.45, 7) is 0.974. The van der Waals surface area contributed by atoms with Crippen LogP contribution in [0.5, 0.6) is 17.2 Å². The summed E-state index contributed by atoms with van der Waals surface area (Å²) >= 11 is 0. The highest BCUT2D eigenvalue weighted by atomic mass is 16.5. The third kappa shape index (κ3) is 5.26. The monoisotopic (exact) mass is 545 g/mol. The molecular weight excluding hydrogens is 514 g/mol. The normalized spacial score (nSPS) is 14.1. The largest absolute Gasteiger partial charge is 0.497 e. The zero-order chi connectivity index (χ0) is 28.2. The van der Waals surface area contributed by atoms with Gasteiger partial charge in [-0.3, -0.25) is 9.89 Å². The van der Waals surface area contributed by atoms with Gasteiger partial charge in [-0.1, -0.05) is 66.7 Å². The molecule has 0 bridgehead atoms. The quantitative estimate of drug-likeness (QED) is 0.218. The van der Waals surface area contributed by atoms with E-state index in [1.807, 2.05) is 95.9 Å². The van der Waals surface area contributed by atoms with Gasteiger partial charge in [0, 0.05) is 17.7 Å². The molecule has 6 rings (SSSR count). The number of carbonyl (C=O) groups is 1. The minimum atomic E-state index is -0.353. The molecule has 206 valence electrons. The van der Waals surface area contributed by atoms with E-state index >= 15 is 0 Å². The molecule has 0 aliphatic carbocycles. The van der Waals surface area contributed by atoms with E-state index in [0.717, 1.165) is 40.1 Å². The van der Waals surface area contributed by atoms with Gasteiger partial charge in [0.25, 0.3) is 5.91 Å². The number of hydrogen-bond donors (Lipinski definition) is 1. The molecule has 1 aromatic heterocycles. The topological polar surface area (TPSA) is 76.7 Å². The van der Waals surface area contributed by atoms with Gasteiger partial charge >= 0.3 is 0 Å². The highest BCUT2D eigenvalue weighted by Gasteiger charge is 2.42. The third-order valence-electron chi connectivity index (χ3n) is 7.45. The summed E-state index contributed by atoms with van der Waals surface area (Å²) in [5, 5.41) is 7.64. The first-order chi connectivity index (χ1) is 20.2. The van der Waals surface area contributed by atoms with Crippen LogP contribution >= 0.6 is 0 Å². The first-order valence-electron chi connectivity index (χ1n) is 13.6. The Morgan fingerprint density at radius 3 is 2.20 bits per heavy atom. The third-order valence-corrected chi connectivity index (χ3v) is 7.45. The Labute approximate surface area is 239 Å². The lowest BCUT2D eigenvalue weighted by atomic mass is 9.95. The molecule has 0 radical (unpaired) electrons. The molecule has 0 fully saturated rings. The van der Waals surface area contributed by atoms with E-state index in [4.69, 9.17) is 14.2 Å². The maximum Gasteiger partial charge on any atom is 0.273 e. The van der Waals surface area contributed by atoms with Crippen LogP contribution in [0.4, 0.5) is 0 Å². The predicted molar refractivity (Wildman–Crippen MR) is 157 cm³/mol. The summed E-state index contributed by atoms with van der Waals surface area (Å²) in [6.07, 6.45) is 0.730. The van der Waals surface area contributed by atoms with E-state index in [9.17, 15) is 4.79 Å². The summed E-state index contributed by atoms with van der Waals surface area (Å²) in [4.78, 5) is 15.7. The van der Waals surface area contributed by atoms with Crippen molar-refractivity contribution in [3.8, 4) is 28.5 Å². The van der Waals surface area contributed by atoms with Crippen molar-refractivity contribution in [2.45, 2.75) is 19.1 Å². The van der Waals surface area contributed by atoms with Gasteiger partial charge in [-0.2, -0.15) is 5.10 Å². The zero-order valence-corrected chi connectivity index (χ0v) is 23.0. The Morgan fingerprint density at radius 1 is 0.805 bits per heavy atom. The minimum Gasteiger partial charge on any atom is -0.497 e. The summed E-state index contributed by atoms with van der Waals surface area (Å²) < 4.78 is 17.2. The highest BCUT2D eigenvalue weighted by Crippen LogP contribution is 2.44. The molecule has 1 aliphatic heterocycles. The highest BCUT2D eigenvalue weighted by molar-refractivity contribution is 6.00. The molecule has 1 amide bonds. The molecular formula is C34H31N3O4. The molecule has 7 heteroatoms. The van der Waals surface area contributed by atoms with E-state index in [1.54, 1.807) is 14.2 Å². The lowest BCUT2D eigenvalue weighted by molar-refractivity contribution is 0.0745. The van der Waals surface area contributed by atoms with Gasteiger partial charge in [0.15, 0.2) is 11.5 Å². The summed E-state index contributed by atoms with van der Waals surface area (Å²) in [7, 11) is 3.27. The van der Waals surface area contributed by atoms with Gasteiger partial charge in [-0.05, 0) is 59.5 Å². The molecule has 7 nitrogen and oxygen atoms in total. The van der Waals surface area contributed by atoms with E-state index in [0.29, 0.717) is 30.3 Å². The van der Waals surface area contributed by atoms with Crippen LogP contribution in [0.2, 0.25) is 0 Å². The van der Waals surface area contributed by atoms with Crippen molar-refractivity contribution >= 4 is 5.91 Å². The lowest BCUT2D eigenvalue weighted by Gasteiger charge is -2.27. The van der Waals surface area contributed by atoms with Crippen LogP contribution in [0, 0.1) is 0 Å². The molecule has 1 N–H and O–H groups in total. The number of fused-ring (bicyclic) bond motifs is 1. The van der Waals surface area contributed by atoms with Crippen molar-refractivity contribution in [1.82, 2.24) is 15.1 Å². The molecule has 1 atom stereocenters. The summed E-state index contributed by atoms with van der Waals surface area (Å²) in [5.41, 5.74) is 6.17. The molecule has 4 aromatic carbocycles. The van der Waals surface area contributed by atoms with Gasteiger partial charge in [-0.25, -0.2) is 0 Å². The van der Waals surface area contributed by atoms with Crippen molar-refractivity contribution in [2.24, 2.45) is 0 Å². The lowest BCUT2D eigenvalue weighted by Crippen LogP contribution is -2.31. The molecule has 1 aliphatic rings. The fraction of sp³-hybridized carbons (Fsp3) is 0.176. The number of nitrogens with one attached hydrogen (secondary N) is 1. The van der Waals surface area contributed by atoms with Crippen LogP contribution in [0.15, 0.2) is 103 Å². The zero-order valence-electron chi connectivity index (χ0n) is 23.0. The van der Waals surface area contributed by atoms with Crippen LogP contribution < -0.4 is 14.2 Å². The molecule has 0 saturated heterocycles. The van der Waals surface area contributed by atoms with Gasteiger partial charge < -0.3 is 19.1 Å². The van der Waals surface area contributed by atoms with Gasteiger partial charge in [-0.15, -0.1) is 0 Å². The van der Waals surface area contributed by atoms with Gasteiger partial charge in [0.2, 0.25) is 0 Å². The Bertz CT molecular complexity index is 1630. The average molecular weight is 546 g/mol. The minimum absolute atomic E-state index is 0.0726. The van der Waals surface area contributed by atoms with Crippen LogP contribution in [-0.2, 0) is 13.0 Å². The van der Waals surface area contributed by atoms with Crippen molar-refractivity contribution < 1.29 is 19.0 Å². The number of aromatic nitrogens is 2. The van der Waals surface area contributed by atoms with Gasteiger partial charge in [0.1, 0.15) is 18.1 Å². The Hall–Kier alpha value is -5.04. The van der Waals surface area contributed by atoms with E-state index in [-0.39, 0.29) is 11.9 Å². The Balaban J connectivity index is 1.37. The van der Waals surface area contributed by atoms with Crippen LogP contribution in [0.1, 0.15) is 38.8 Å². The second-order valence-electron chi connectivity index (χ2n) is 9.91. The van der Waals surface area contributed by atoms with Crippen molar-refractivity contribution in [3.05, 3.63) is 131 Å². The summed E-state index contributed by atoms with van der Waals surface area (Å²) in [5.74, 6) is 1.94. The summed E-state index contributed by atoms with van der Waals surface area (Å²) in [6, 6.07) is 33.5. The molecule has 1 unspecified atom stereocenters. The number of aromatic amines is 1. The van der Waals surface area contributed by atoms with Crippen molar-refractivity contribution in [1.29, 1.82) is 0 Å².